The first-order valence-electron chi connectivity index (χ1n) is 10.8. The molecule has 0 bridgehead atoms. The summed E-state index contributed by atoms with van der Waals surface area (Å²) in [6.07, 6.45) is 1.96. The number of nitrogens with one attached hydrogen (secondary N) is 1. The number of carbonyl (C=O) groups is 1. The monoisotopic (exact) mass is 431 g/mol. The fourth-order valence-electron chi connectivity index (χ4n) is 4.57. The second-order valence-corrected chi connectivity index (χ2v) is 9.89. The molecule has 170 valence electrons. The van der Waals surface area contributed by atoms with Crippen molar-refractivity contribution in [2.75, 3.05) is 12.4 Å². The summed E-state index contributed by atoms with van der Waals surface area (Å²) < 4.78 is 20.8. The first-order valence-corrected chi connectivity index (χ1v) is 10.8. The Hall–Kier alpha value is -2.23. The molecule has 9 nitrogen and oxygen atoms in total. The van der Waals surface area contributed by atoms with Crippen LogP contribution in [0.3, 0.4) is 0 Å². The van der Waals surface area contributed by atoms with E-state index in [9.17, 15) is 4.79 Å². The lowest BCUT2D eigenvalue weighted by Crippen LogP contribution is -2.28. The number of aromatic nitrogens is 4. The number of rotatable bonds is 5. The second-order valence-electron chi connectivity index (χ2n) is 9.89. The first kappa shape index (κ1) is 22.0. The lowest BCUT2D eigenvalue weighted by molar-refractivity contribution is -0.153. The van der Waals surface area contributed by atoms with Crippen LogP contribution in [-0.4, -0.2) is 50.6 Å². The lowest BCUT2D eigenvalue weighted by Gasteiger charge is -2.23. The van der Waals surface area contributed by atoms with Gasteiger partial charge >= 0.3 is 0 Å². The van der Waals surface area contributed by atoms with Gasteiger partial charge < -0.3 is 19.5 Å². The van der Waals surface area contributed by atoms with Gasteiger partial charge in [0, 0.05) is 26.1 Å². The summed E-state index contributed by atoms with van der Waals surface area (Å²) in [4.78, 5) is 13.0. The molecule has 31 heavy (non-hydrogen) atoms. The maximum Gasteiger partial charge on any atom is 0.275 e. The van der Waals surface area contributed by atoms with E-state index >= 15 is 0 Å². The maximum atomic E-state index is 13.0. The van der Waals surface area contributed by atoms with Gasteiger partial charge in [0.15, 0.2) is 5.79 Å². The molecule has 0 aromatic carbocycles. The number of ether oxygens (including phenoxy) is 3. The molecule has 1 N–H and O–H groups in total. The fourth-order valence-corrected chi connectivity index (χ4v) is 4.57. The summed E-state index contributed by atoms with van der Waals surface area (Å²) in [6, 6.07) is 3.71. The smallest absolute Gasteiger partial charge is 0.275 e. The normalized spacial score (nSPS) is 25.1. The third kappa shape index (κ3) is 4.26. The van der Waals surface area contributed by atoms with Gasteiger partial charge in [-0.15, -0.1) is 0 Å². The minimum atomic E-state index is -0.572. The summed E-state index contributed by atoms with van der Waals surface area (Å²) in [6.45, 7) is 10.5. The molecule has 0 spiro atoms. The van der Waals surface area contributed by atoms with Crippen LogP contribution in [0.5, 0.6) is 0 Å². The van der Waals surface area contributed by atoms with Crippen molar-refractivity contribution in [1.82, 2.24) is 19.6 Å². The van der Waals surface area contributed by atoms with E-state index in [1.165, 1.54) is 0 Å². The second kappa shape index (κ2) is 7.72. The predicted octanol–water partition coefficient (Wildman–Crippen LogP) is 3.17. The molecule has 2 aromatic heterocycles. The van der Waals surface area contributed by atoms with E-state index in [-0.39, 0.29) is 29.6 Å². The highest BCUT2D eigenvalue weighted by molar-refractivity contribution is 6.02. The predicted molar refractivity (Wildman–Crippen MR) is 115 cm³/mol. The van der Waals surface area contributed by atoms with Crippen molar-refractivity contribution in [3.8, 4) is 0 Å². The van der Waals surface area contributed by atoms with Crippen molar-refractivity contribution in [3.05, 3.63) is 29.2 Å². The Morgan fingerprint density at radius 1 is 1.26 bits per heavy atom. The highest BCUT2D eigenvalue weighted by Gasteiger charge is 2.50. The Labute approximate surface area is 183 Å². The van der Waals surface area contributed by atoms with Gasteiger partial charge in [0.05, 0.1) is 35.7 Å². The van der Waals surface area contributed by atoms with Crippen molar-refractivity contribution in [3.63, 3.8) is 0 Å². The zero-order valence-electron chi connectivity index (χ0n) is 19.4. The number of methoxy groups -OCH3 is 1. The molecule has 2 aromatic rings. The van der Waals surface area contributed by atoms with Crippen molar-refractivity contribution in [2.45, 2.75) is 83.5 Å². The highest BCUT2D eigenvalue weighted by Crippen LogP contribution is 2.46. The van der Waals surface area contributed by atoms with Crippen LogP contribution in [0, 0.1) is 0 Å². The number of nitrogens with zero attached hydrogens (tertiary/aromatic N) is 4. The molecule has 1 amide bonds. The number of carbonyl (C=O) groups excluding carboxylic acids is 1. The SMILES string of the molecule is COCc1cc(C(=O)Nc2cc(C3CCC4OC(C)(C)OC43)nn2C(C)(C)C)n(C)n1. The van der Waals surface area contributed by atoms with Crippen LogP contribution < -0.4 is 5.32 Å². The van der Waals surface area contributed by atoms with Gasteiger partial charge in [0.1, 0.15) is 11.5 Å². The van der Waals surface area contributed by atoms with Gasteiger partial charge in [-0.25, -0.2) is 4.68 Å². The molecule has 1 saturated carbocycles. The quantitative estimate of drug-likeness (QED) is 0.782. The van der Waals surface area contributed by atoms with E-state index in [2.05, 4.69) is 31.2 Å². The maximum absolute atomic E-state index is 13.0. The summed E-state index contributed by atoms with van der Waals surface area (Å²) >= 11 is 0. The van der Waals surface area contributed by atoms with Crippen LogP contribution >= 0.6 is 0 Å². The van der Waals surface area contributed by atoms with E-state index in [1.54, 1.807) is 24.9 Å². The third-order valence-electron chi connectivity index (χ3n) is 5.82. The van der Waals surface area contributed by atoms with Crippen molar-refractivity contribution in [2.24, 2.45) is 7.05 Å². The van der Waals surface area contributed by atoms with Crippen LogP contribution in [0.25, 0.3) is 0 Å². The Morgan fingerprint density at radius 2 is 2.00 bits per heavy atom. The standard InChI is InChI=1S/C22H33N5O4/c1-21(2,3)27-18(23-20(28)16-10-13(12-29-7)24-26(16)6)11-15(25-27)14-8-9-17-19(14)31-22(4,5)30-17/h10-11,14,17,19H,8-9,12H2,1-7H3,(H,23,28). The number of aryl methyl sites for hydroxylation is 1. The third-order valence-corrected chi connectivity index (χ3v) is 5.82. The summed E-state index contributed by atoms with van der Waals surface area (Å²) in [7, 11) is 3.35. The molecule has 9 heteroatoms. The number of amides is 1. The number of anilines is 1. The van der Waals surface area contributed by atoms with Crippen LogP contribution in [0.4, 0.5) is 5.82 Å². The lowest BCUT2D eigenvalue weighted by atomic mass is 10.0. The van der Waals surface area contributed by atoms with Gasteiger partial charge in [-0.05, 0) is 53.5 Å². The highest BCUT2D eigenvalue weighted by atomic mass is 16.8. The minimum Gasteiger partial charge on any atom is -0.378 e. The molecule has 1 aliphatic heterocycles. The molecule has 4 rings (SSSR count). The van der Waals surface area contributed by atoms with Crippen molar-refractivity contribution < 1.29 is 19.0 Å². The summed E-state index contributed by atoms with van der Waals surface area (Å²) in [5.41, 5.74) is 1.78. The molecule has 3 unspecified atom stereocenters. The molecule has 2 fully saturated rings. The molecular formula is C22H33N5O4. The van der Waals surface area contributed by atoms with E-state index in [1.807, 2.05) is 24.6 Å². The zero-order chi connectivity index (χ0) is 22.6. The average Bonchev–Trinajstić information content (AvgIpc) is 3.37. The van der Waals surface area contributed by atoms with Crippen LogP contribution in [-0.2, 0) is 33.4 Å². The van der Waals surface area contributed by atoms with Gasteiger partial charge in [-0.3, -0.25) is 9.48 Å². The molecule has 1 saturated heterocycles. The Balaban J connectivity index is 1.61. The van der Waals surface area contributed by atoms with Crippen LogP contribution in [0.2, 0.25) is 0 Å². The molecule has 2 aliphatic rings. The molecule has 1 aliphatic carbocycles. The van der Waals surface area contributed by atoms with E-state index in [0.717, 1.165) is 18.5 Å². The average molecular weight is 432 g/mol. The summed E-state index contributed by atoms with van der Waals surface area (Å²) in [5.74, 6) is -0.0169. The van der Waals surface area contributed by atoms with E-state index in [0.29, 0.717) is 23.8 Å². The number of hydrogen-bond acceptors (Lipinski definition) is 6. The minimum absolute atomic E-state index is 0.0180. The zero-order valence-corrected chi connectivity index (χ0v) is 19.4. The van der Waals surface area contributed by atoms with Gasteiger partial charge in [0.25, 0.3) is 5.91 Å². The largest absolute Gasteiger partial charge is 0.378 e. The fraction of sp³-hybridized carbons (Fsp3) is 0.682. The van der Waals surface area contributed by atoms with E-state index < -0.39 is 5.79 Å². The van der Waals surface area contributed by atoms with Crippen LogP contribution in [0.1, 0.15) is 75.3 Å². The van der Waals surface area contributed by atoms with Crippen molar-refractivity contribution >= 4 is 11.7 Å². The van der Waals surface area contributed by atoms with Crippen molar-refractivity contribution in [1.29, 1.82) is 0 Å². The number of hydrogen-bond donors (Lipinski definition) is 1. The first-order chi connectivity index (χ1) is 14.5. The Kier molecular flexibility index (Phi) is 5.47. The summed E-state index contributed by atoms with van der Waals surface area (Å²) in [5, 5.41) is 12.3. The number of fused-ring (bicyclic) bond motifs is 1. The van der Waals surface area contributed by atoms with Crippen LogP contribution in [0.15, 0.2) is 12.1 Å². The van der Waals surface area contributed by atoms with Gasteiger partial charge in [0.2, 0.25) is 0 Å². The molecule has 3 atom stereocenters. The topological polar surface area (TPSA) is 92.4 Å². The molecule has 3 heterocycles. The molecular weight excluding hydrogens is 398 g/mol. The molecule has 0 radical (unpaired) electrons. The van der Waals surface area contributed by atoms with Gasteiger partial charge in [-0.2, -0.15) is 10.2 Å². The Bertz CT molecular complexity index is 971. The Morgan fingerprint density at radius 3 is 2.68 bits per heavy atom. The van der Waals surface area contributed by atoms with Gasteiger partial charge in [-0.1, -0.05) is 0 Å². The van der Waals surface area contributed by atoms with E-state index in [4.69, 9.17) is 19.3 Å².